The van der Waals surface area contributed by atoms with E-state index in [1.54, 1.807) is 4.68 Å². The van der Waals surface area contributed by atoms with Crippen molar-refractivity contribution in [2.75, 3.05) is 0 Å². The highest BCUT2D eigenvalue weighted by atomic mass is 19.3. The molecule has 3 atom stereocenters. The third-order valence-electron chi connectivity index (χ3n) is 6.66. The molecule has 31 heavy (non-hydrogen) atoms. The normalized spacial score (nSPS) is 27.0. The van der Waals surface area contributed by atoms with E-state index >= 15 is 0 Å². The predicted octanol–water partition coefficient (Wildman–Crippen LogP) is 3.62. The van der Waals surface area contributed by atoms with Crippen LogP contribution in [-0.4, -0.2) is 53.9 Å². The summed E-state index contributed by atoms with van der Waals surface area (Å²) in [5, 5.41) is 18.6. The second-order valence-electron chi connectivity index (χ2n) is 8.99. The average molecular weight is 431 g/mol. The van der Waals surface area contributed by atoms with Gasteiger partial charge in [0.2, 0.25) is 11.9 Å². The minimum absolute atomic E-state index is 0.0213. The molecule has 1 aromatic carbocycles. The van der Waals surface area contributed by atoms with Gasteiger partial charge in [-0.1, -0.05) is 12.1 Å². The lowest BCUT2D eigenvalue weighted by Crippen LogP contribution is -2.50. The average Bonchev–Trinajstić information content (AvgIpc) is 3.34. The van der Waals surface area contributed by atoms with E-state index in [1.807, 2.05) is 31.2 Å². The van der Waals surface area contributed by atoms with Crippen molar-refractivity contribution >= 4 is 11.0 Å². The Morgan fingerprint density at radius 3 is 2.68 bits per heavy atom. The Hall–Kier alpha value is -2.39. The van der Waals surface area contributed by atoms with Crippen LogP contribution >= 0.6 is 0 Å². The maximum Gasteiger partial charge on any atom is 0.248 e. The summed E-state index contributed by atoms with van der Waals surface area (Å²) < 4.78 is 28.8. The highest BCUT2D eigenvalue weighted by Gasteiger charge is 2.38. The van der Waals surface area contributed by atoms with Gasteiger partial charge in [-0.3, -0.25) is 0 Å². The fourth-order valence-electron chi connectivity index (χ4n) is 4.97. The number of para-hydroxylation sites is 2. The standard InChI is InChI=1S/C22H28F2N6O/c1-13-25-20(30(29-13)21-27-16-4-2-3-5-17(16)28-21)14-6-7-19(31)18(12-14)26-15-8-10-22(23,24)11-9-15/h2-5,14-15,18-19,26,31H,6-12H2,1H3,(H,27,28)/t14-,18+,19+/m0/s1. The number of aromatic amines is 1. The third-order valence-corrected chi connectivity index (χ3v) is 6.66. The Bertz CT molecular complexity index is 1020. The Labute approximate surface area is 179 Å². The van der Waals surface area contributed by atoms with Gasteiger partial charge in [-0.2, -0.15) is 4.68 Å². The van der Waals surface area contributed by atoms with Gasteiger partial charge < -0.3 is 15.4 Å². The molecule has 0 aliphatic heterocycles. The summed E-state index contributed by atoms with van der Waals surface area (Å²) >= 11 is 0. The van der Waals surface area contributed by atoms with Crippen LogP contribution in [-0.2, 0) is 0 Å². The molecule has 2 fully saturated rings. The second-order valence-corrected chi connectivity index (χ2v) is 8.99. The first kappa shape index (κ1) is 20.5. The molecule has 0 spiro atoms. The molecule has 5 rings (SSSR count). The van der Waals surface area contributed by atoms with Crippen LogP contribution in [0.25, 0.3) is 17.0 Å². The van der Waals surface area contributed by atoms with Crippen LogP contribution in [0, 0.1) is 6.92 Å². The van der Waals surface area contributed by atoms with Crippen LogP contribution < -0.4 is 5.32 Å². The molecule has 9 heteroatoms. The van der Waals surface area contributed by atoms with E-state index in [-0.39, 0.29) is 30.8 Å². The SMILES string of the molecule is Cc1nc([C@H]2CC[C@@H](O)[C@H](NC3CCC(F)(F)CC3)C2)n(-c2nc3ccccc3[nH]2)n1. The van der Waals surface area contributed by atoms with Crippen molar-refractivity contribution < 1.29 is 13.9 Å². The fourth-order valence-corrected chi connectivity index (χ4v) is 4.97. The number of hydrogen-bond acceptors (Lipinski definition) is 5. The number of nitrogens with zero attached hydrogens (tertiary/aromatic N) is 4. The van der Waals surface area contributed by atoms with Crippen LogP contribution in [0.4, 0.5) is 8.78 Å². The van der Waals surface area contributed by atoms with Crippen LogP contribution in [0.2, 0.25) is 0 Å². The molecule has 0 bridgehead atoms. The number of benzene rings is 1. The van der Waals surface area contributed by atoms with Crippen molar-refractivity contribution in [1.82, 2.24) is 30.0 Å². The maximum absolute atomic E-state index is 13.5. The van der Waals surface area contributed by atoms with Gasteiger partial charge in [0.25, 0.3) is 0 Å². The number of alkyl halides is 2. The van der Waals surface area contributed by atoms with Gasteiger partial charge in [0, 0.05) is 30.8 Å². The highest BCUT2D eigenvalue weighted by molar-refractivity contribution is 5.75. The molecule has 2 saturated carbocycles. The molecule has 2 aromatic heterocycles. The summed E-state index contributed by atoms with van der Waals surface area (Å²) in [6, 6.07) is 7.70. The summed E-state index contributed by atoms with van der Waals surface area (Å²) in [7, 11) is 0. The molecule has 0 amide bonds. The van der Waals surface area contributed by atoms with Gasteiger partial charge >= 0.3 is 0 Å². The topological polar surface area (TPSA) is 91.7 Å². The van der Waals surface area contributed by atoms with Crippen molar-refractivity contribution in [1.29, 1.82) is 0 Å². The molecule has 2 aliphatic carbocycles. The number of halogens is 2. The molecule has 2 aliphatic rings. The zero-order chi connectivity index (χ0) is 21.6. The first-order valence-corrected chi connectivity index (χ1v) is 11.1. The predicted molar refractivity (Wildman–Crippen MR) is 112 cm³/mol. The van der Waals surface area contributed by atoms with Crippen LogP contribution in [0.15, 0.2) is 24.3 Å². The highest BCUT2D eigenvalue weighted by Crippen LogP contribution is 2.36. The quantitative estimate of drug-likeness (QED) is 0.588. The fraction of sp³-hybridized carbons (Fsp3) is 0.591. The van der Waals surface area contributed by atoms with Gasteiger partial charge in [-0.05, 0) is 51.2 Å². The monoisotopic (exact) mass is 430 g/mol. The van der Waals surface area contributed by atoms with Crippen LogP contribution in [0.1, 0.15) is 62.5 Å². The molecule has 7 nitrogen and oxygen atoms in total. The number of aryl methyl sites for hydroxylation is 1. The van der Waals surface area contributed by atoms with E-state index in [4.69, 9.17) is 0 Å². The number of rotatable bonds is 4. The second kappa shape index (κ2) is 7.94. The summed E-state index contributed by atoms with van der Waals surface area (Å²) in [4.78, 5) is 12.7. The smallest absolute Gasteiger partial charge is 0.248 e. The van der Waals surface area contributed by atoms with E-state index in [9.17, 15) is 13.9 Å². The van der Waals surface area contributed by atoms with E-state index in [0.717, 1.165) is 23.3 Å². The van der Waals surface area contributed by atoms with E-state index in [1.165, 1.54) is 0 Å². The minimum atomic E-state index is -2.55. The number of aliphatic hydroxyl groups excluding tert-OH is 1. The van der Waals surface area contributed by atoms with Crippen molar-refractivity contribution in [3.8, 4) is 5.95 Å². The molecule has 0 saturated heterocycles. The lowest BCUT2D eigenvalue weighted by atomic mass is 9.82. The Morgan fingerprint density at radius 1 is 1.13 bits per heavy atom. The molecule has 3 N–H and O–H groups in total. The van der Waals surface area contributed by atoms with Crippen molar-refractivity contribution in [2.45, 2.75) is 81.9 Å². The third kappa shape index (κ3) is 4.21. The molecule has 0 radical (unpaired) electrons. The summed E-state index contributed by atoms with van der Waals surface area (Å²) in [5.74, 6) is -0.333. The van der Waals surface area contributed by atoms with Gasteiger partial charge in [0.1, 0.15) is 11.6 Å². The van der Waals surface area contributed by atoms with E-state index in [2.05, 4.69) is 25.4 Å². The number of nitrogens with one attached hydrogen (secondary N) is 2. The first-order chi connectivity index (χ1) is 14.9. The molecular weight excluding hydrogens is 402 g/mol. The first-order valence-electron chi connectivity index (χ1n) is 11.1. The van der Waals surface area contributed by atoms with E-state index in [0.29, 0.717) is 37.5 Å². The number of hydrogen-bond donors (Lipinski definition) is 3. The number of fused-ring (bicyclic) bond motifs is 1. The maximum atomic E-state index is 13.5. The Balaban J connectivity index is 1.35. The number of aromatic nitrogens is 5. The molecule has 166 valence electrons. The zero-order valence-corrected chi connectivity index (χ0v) is 17.6. The summed E-state index contributed by atoms with van der Waals surface area (Å²) in [5.41, 5.74) is 1.80. The Morgan fingerprint density at radius 2 is 1.90 bits per heavy atom. The van der Waals surface area contributed by atoms with Gasteiger partial charge in [-0.25, -0.2) is 18.7 Å². The largest absolute Gasteiger partial charge is 0.392 e. The summed E-state index contributed by atoms with van der Waals surface area (Å²) in [6.07, 6.45) is 2.34. The van der Waals surface area contributed by atoms with Crippen LogP contribution in [0.3, 0.4) is 0 Å². The lowest BCUT2D eigenvalue weighted by molar-refractivity contribution is -0.0437. The lowest BCUT2D eigenvalue weighted by Gasteiger charge is -2.38. The molecule has 0 unspecified atom stereocenters. The van der Waals surface area contributed by atoms with Crippen molar-refractivity contribution in [2.24, 2.45) is 0 Å². The number of H-pyrrole nitrogens is 1. The number of aliphatic hydroxyl groups is 1. The summed E-state index contributed by atoms with van der Waals surface area (Å²) in [6.45, 7) is 1.86. The number of imidazole rings is 1. The van der Waals surface area contributed by atoms with Gasteiger partial charge in [0.15, 0.2) is 0 Å². The van der Waals surface area contributed by atoms with Gasteiger partial charge in [-0.15, -0.1) is 5.10 Å². The molecular formula is C22H28F2N6O. The van der Waals surface area contributed by atoms with Crippen LogP contribution in [0.5, 0.6) is 0 Å². The van der Waals surface area contributed by atoms with E-state index < -0.39 is 12.0 Å². The van der Waals surface area contributed by atoms with Gasteiger partial charge in [0.05, 0.1) is 17.1 Å². The van der Waals surface area contributed by atoms with Crippen molar-refractivity contribution in [3.63, 3.8) is 0 Å². The molecule has 3 aromatic rings. The molecule has 2 heterocycles. The van der Waals surface area contributed by atoms with Crippen molar-refractivity contribution in [3.05, 3.63) is 35.9 Å². The zero-order valence-electron chi connectivity index (χ0n) is 17.6. The minimum Gasteiger partial charge on any atom is -0.392 e. The Kier molecular flexibility index (Phi) is 5.26.